The van der Waals surface area contributed by atoms with Crippen molar-refractivity contribution in [1.29, 1.82) is 0 Å². The van der Waals surface area contributed by atoms with Crippen LogP contribution in [0.3, 0.4) is 0 Å². The van der Waals surface area contributed by atoms with Gasteiger partial charge in [-0.3, -0.25) is 4.79 Å². The van der Waals surface area contributed by atoms with Crippen LogP contribution >= 0.6 is 22.9 Å². The molecule has 0 N–H and O–H groups in total. The van der Waals surface area contributed by atoms with Gasteiger partial charge in [0.25, 0.3) is 0 Å². The van der Waals surface area contributed by atoms with E-state index in [-0.39, 0.29) is 5.91 Å². The summed E-state index contributed by atoms with van der Waals surface area (Å²) in [5.41, 5.74) is 0.858. The van der Waals surface area contributed by atoms with E-state index in [1.807, 2.05) is 17.3 Å². The first-order chi connectivity index (χ1) is 9.10. The second kappa shape index (κ2) is 6.68. The van der Waals surface area contributed by atoms with Crippen LogP contribution in [0.5, 0.6) is 0 Å². The topological polar surface area (TPSA) is 36.4 Å². The van der Waals surface area contributed by atoms with Crippen molar-refractivity contribution in [3.63, 3.8) is 0 Å². The molecule has 19 heavy (non-hydrogen) atoms. The Balaban J connectivity index is 1.88. The molecule has 0 spiro atoms. The van der Waals surface area contributed by atoms with Gasteiger partial charge in [-0.2, -0.15) is 0 Å². The van der Waals surface area contributed by atoms with Gasteiger partial charge in [0.05, 0.1) is 18.0 Å². The Kier molecular flexibility index (Phi) is 5.19. The fraction of sp³-hybridized carbons (Fsp3) is 0.692. The maximum atomic E-state index is 12.2. The maximum absolute atomic E-state index is 12.2. The first kappa shape index (κ1) is 14.8. The number of piperidine rings is 1. The lowest BCUT2D eigenvalue weighted by atomic mass is 10.0. The molecule has 2 rings (SSSR count). The molecule has 0 aliphatic carbocycles. The van der Waals surface area contributed by atoms with E-state index in [2.05, 4.69) is 16.9 Å². The smallest absolute Gasteiger partial charge is 0.229 e. The zero-order chi connectivity index (χ0) is 13.8. The molecule has 1 aliphatic rings. The average Bonchev–Trinajstić information content (AvgIpc) is 2.86. The van der Waals surface area contributed by atoms with Crippen LogP contribution in [0.1, 0.15) is 23.5 Å². The van der Waals surface area contributed by atoms with Crippen molar-refractivity contribution in [2.75, 3.05) is 27.2 Å². The van der Waals surface area contributed by atoms with Crippen LogP contribution in [-0.4, -0.2) is 53.9 Å². The first-order valence-electron chi connectivity index (χ1n) is 6.53. The molecular weight excluding hydrogens is 282 g/mol. The Hall–Kier alpha value is -0.650. The van der Waals surface area contributed by atoms with Crippen LogP contribution < -0.4 is 0 Å². The van der Waals surface area contributed by atoms with Crippen molar-refractivity contribution in [2.24, 2.45) is 0 Å². The third-order valence-electron chi connectivity index (χ3n) is 3.67. The minimum atomic E-state index is 0.157. The standard InChI is InChI=1S/C13H20ClN3OS/c1-16-5-3-11(4-6-16)17(2)13(18)7-12-15-10(8-14)9-19-12/h9,11H,3-8H2,1-2H3. The summed E-state index contributed by atoms with van der Waals surface area (Å²) >= 11 is 7.23. The molecule has 0 unspecified atom stereocenters. The van der Waals surface area contributed by atoms with Gasteiger partial charge in [0.15, 0.2) is 0 Å². The van der Waals surface area contributed by atoms with Gasteiger partial charge >= 0.3 is 0 Å². The number of nitrogens with zero attached hydrogens (tertiary/aromatic N) is 3. The van der Waals surface area contributed by atoms with Crippen molar-refractivity contribution in [3.05, 3.63) is 16.1 Å². The number of aromatic nitrogens is 1. The van der Waals surface area contributed by atoms with Crippen molar-refractivity contribution in [3.8, 4) is 0 Å². The highest BCUT2D eigenvalue weighted by Crippen LogP contribution is 2.17. The monoisotopic (exact) mass is 301 g/mol. The minimum absolute atomic E-state index is 0.157. The quantitative estimate of drug-likeness (QED) is 0.798. The second-order valence-electron chi connectivity index (χ2n) is 5.08. The summed E-state index contributed by atoms with van der Waals surface area (Å²) < 4.78 is 0. The van der Waals surface area contributed by atoms with E-state index < -0.39 is 0 Å². The van der Waals surface area contributed by atoms with Crippen molar-refractivity contribution >= 4 is 28.8 Å². The normalized spacial score (nSPS) is 17.6. The Bertz CT molecular complexity index is 429. The molecule has 0 atom stereocenters. The number of amides is 1. The van der Waals surface area contributed by atoms with Crippen LogP contribution in [-0.2, 0) is 17.1 Å². The number of rotatable bonds is 4. The van der Waals surface area contributed by atoms with Gasteiger partial charge in [0, 0.05) is 18.5 Å². The maximum Gasteiger partial charge on any atom is 0.229 e. The summed E-state index contributed by atoms with van der Waals surface area (Å²) in [6.45, 7) is 2.13. The molecule has 1 saturated heterocycles. The van der Waals surface area contributed by atoms with Gasteiger partial charge in [-0.25, -0.2) is 4.98 Å². The second-order valence-corrected chi connectivity index (χ2v) is 6.29. The van der Waals surface area contributed by atoms with Crippen LogP contribution in [0, 0.1) is 0 Å². The number of alkyl halides is 1. The third-order valence-corrected chi connectivity index (χ3v) is 4.84. The molecule has 6 heteroatoms. The Morgan fingerprint density at radius 3 is 2.84 bits per heavy atom. The zero-order valence-electron chi connectivity index (χ0n) is 11.4. The number of halogens is 1. The number of likely N-dealkylation sites (N-methyl/N-ethyl adjacent to an activating group) is 1. The molecule has 106 valence electrons. The number of carbonyl (C=O) groups excluding carboxylic acids is 1. The number of likely N-dealkylation sites (tertiary alicyclic amines) is 1. The van der Waals surface area contributed by atoms with Gasteiger partial charge < -0.3 is 9.80 Å². The molecular formula is C13H20ClN3OS. The van der Waals surface area contributed by atoms with Gasteiger partial charge in [0.1, 0.15) is 5.01 Å². The molecule has 4 nitrogen and oxygen atoms in total. The molecule has 1 amide bonds. The highest BCUT2D eigenvalue weighted by Gasteiger charge is 2.24. The minimum Gasteiger partial charge on any atom is -0.342 e. The number of thiazole rings is 1. The van der Waals surface area contributed by atoms with E-state index in [0.717, 1.165) is 36.6 Å². The lowest BCUT2D eigenvalue weighted by molar-refractivity contribution is -0.132. The third kappa shape index (κ3) is 3.91. The Morgan fingerprint density at radius 1 is 1.58 bits per heavy atom. The molecule has 1 fully saturated rings. The van der Waals surface area contributed by atoms with Gasteiger partial charge in [-0.05, 0) is 33.0 Å². The molecule has 0 aromatic carbocycles. The molecule has 0 bridgehead atoms. The van der Waals surface area contributed by atoms with Crippen molar-refractivity contribution in [2.45, 2.75) is 31.2 Å². The van der Waals surface area contributed by atoms with Crippen molar-refractivity contribution < 1.29 is 4.79 Å². The summed E-state index contributed by atoms with van der Waals surface area (Å²) in [5, 5.41) is 2.78. The van der Waals surface area contributed by atoms with Crippen LogP contribution in [0.25, 0.3) is 0 Å². The summed E-state index contributed by atoms with van der Waals surface area (Å²) in [5.74, 6) is 0.570. The molecule has 0 saturated carbocycles. The molecule has 0 radical (unpaired) electrons. The first-order valence-corrected chi connectivity index (χ1v) is 7.95. The summed E-state index contributed by atoms with van der Waals surface area (Å²) in [7, 11) is 4.04. The van der Waals surface area contributed by atoms with E-state index in [1.54, 1.807) is 0 Å². The van der Waals surface area contributed by atoms with E-state index in [0.29, 0.717) is 18.3 Å². The Labute approximate surface area is 123 Å². The van der Waals surface area contributed by atoms with Gasteiger partial charge in [-0.1, -0.05) is 0 Å². The van der Waals surface area contributed by atoms with E-state index >= 15 is 0 Å². The van der Waals surface area contributed by atoms with Crippen LogP contribution in [0.4, 0.5) is 0 Å². The van der Waals surface area contributed by atoms with E-state index in [9.17, 15) is 4.79 Å². The fourth-order valence-electron chi connectivity index (χ4n) is 2.33. The average molecular weight is 302 g/mol. The van der Waals surface area contributed by atoms with Crippen molar-refractivity contribution in [1.82, 2.24) is 14.8 Å². The summed E-state index contributed by atoms with van der Waals surface area (Å²) in [6.07, 6.45) is 2.51. The predicted molar refractivity (Wildman–Crippen MR) is 78.7 cm³/mol. The number of hydrogen-bond acceptors (Lipinski definition) is 4. The van der Waals surface area contributed by atoms with E-state index in [1.165, 1.54) is 11.3 Å². The predicted octanol–water partition coefficient (Wildman–Crippen LogP) is 1.98. The highest BCUT2D eigenvalue weighted by molar-refractivity contribution is 7.09. The summed E-state index contributed by atoms with van der Waals surface area (Å²) in [4.78, 5) is 20.8. The van der Waals surface area contributed by atoms with Gasteiger partial charge in [-0.15, -0.1) is 22.9 Å². The molecule has 2 heterocycles. The highest BCUT2D eigenvalue weighted by atomic mass is 35.5. The molecule has 1 aromatic rings. The largest absolute Gasteiger partial charge is 0.342 e. The molecule has 1 aliphatic heterocycles. The molecule has 1 aromatic heterocycles. The lowest BCUT2D eigenvalue weighted by Crippen LogP contribution is -2.44. The number of carbonyl (C=O) groups is 1. The Morgan fingerprint density at radius 2 is 2.26 bits per heavy atom. The zero-order valence-corrected chi connectivity index (χ0v) is 13.0. The number of hydrogen-bond donors (Lipinski definition) is 0. The van der Waals surface area contributed by atoms with Crippen LogP contribution in [0.15, 0.2) is 5.38 Å². The fourth-order valence-corrected chi connectivity index (χ4v) is 3.34. The lowest BCUT2D eigenvalue weighted by Gasteiger charge is -2.35. The SMILES string of the molecule is CN1CCC(N(C)C(=O)Cc2nc(CCl)cs2)CC1. The van der Waals surface area contributed by atoms with Crippen LogP contribution in [0.2, 0.25) is 0 Å². The summed E-state index contributed by atoms with van der Waals surface area (Å²) in [6, 6.07) is 0.371. The van der Waals surface area contributed by atoms with E-state index in [4.69, 9.17) is 11.6 Å². The van der Waals surface area contributed by atoms with Gasteiger partial charge in [0.2, 0.25) is 5.91 Å².